The number of aryl methyl sites for hydroxylation is 1. The third kappa shape index (κ3) is 6.41. The number of anilines is 2. The van der Waals surface area contributed by atoms with Crippen LogP contribution in [0.5, 0.6) is 0 Å². The molecule has 2 aliphatic heterocycles. The van der Waals surface area contributed by atoms with Gasteiger partial charge in [0.05, 0.1) is 24.0 Å². The zero-order valence-corrected chi connectivity index (χ0v) is 27.8. The predicted octanol–water partition coefficient (Wildman–Crippen LogP) is 5.13. The smallest absolute Gasteiger partial charge is 0.309 e. The lowest BCUT2D eigenvalue weighted by Gasteiger charge is -2.38. The molecule has 1 atom stereocenters. The van der Waals surface area contributed by atoms with Crippen LogP contribution in [0.2, 0.25) is 0 Å². The summed E-state index contributed by atoms with van der Waals surface area (Å²) < 4.78 is 25.1. The van der Waals surface area contributed by atoms with E-state index >= 15 is 4.39 Å². The molecule has 1 amide bonds. The van der Waals surface area contributed by atoms with Gasteiger partial charge in [-0.25, -0.2) is 19.3 Å². The van der Waals surface area contributed by atoms with E-state index in [0.717, 1.165) is 25.1 Å². The number of halogens is 1. The number of nitrogens with zero attached hydrogens (tertiary/aromatic N) is 7. The summed E-state index contributed by atoms with van der Waals surface area (Å²) in [6, 6.07) is 6.20. The fraction of sp³-hybridized carbons (Fsp3) is 0.412. The Morgan fingerprint density at radius 1 is 1.12 bits per heavy atom. The number of piperidine rings is 1. The third-order valence-electron chi connectivity index (χ3n) is 8.83. The first kappa shape index (κ1) is 31.9. The van der Waals surface area contributed by atoms with Crippen LogP contribution in [0, 0.1) is 5.82 Å². The van der Waals surface area contributed by atoms with Gasteiger partial charge in [0.2, 0.25) is 0 Å². The topological polar surface area (TPSA) is 140 Å². The van der Waals surface area contributed by atoms with E-state index in [1.165, 1.54) is 16.0 Å². The number of rotatable bonds is 8. The molecule has 1 fully saturated rings. The average Bonchev–Trinajstić information content (AvgIpc) is 3.84. The summed E-state index contributed by atoms with van der Waals surface area (Å²) in [4.78, 5) is 41.4. The van der Waals surface area contributed by atoms with E-state index in [1.807, 2.05) is 21.6 Å². The molecule has 1 aromatic carbocycles. The molecule has 0 aliphatic carbocycles. The number of imidazole rings is 1. The molecule has 0 radical (unpaired) electrons. The zero-order chi connectivity index (χ0) is 33.6. The van der Waals surface area contributed by atoms with Crippen molar-refractivity contribution in [2.45, 2.75) is 76.7 Å². The Hall–Kier alpha value is -4.69. The van der Waals surface area contributed by atoms with Crippen molar-refractivity contribution in [2.75, 3.05) is 23.3 Å². The van der Waals surface area contributed by atoms with E-state index in [9.17, 15) is 14.7 Å². The van der Waals surface area contributed by atoms with Crippen LogP contribution in [0.3, 0.4) is 0 Å². The number of fused-ring (bicyclic) bond motifs is 2. The van der Waals surface area contributed by atoms with Crippen molar-refractivity contribution in [3.05, 3.63) is 71.8 Å². The molecule has 5 aromatic rings. The Balaban J connectivity index is 1.10. The molecule has 0 saturated carbocycles. The highest BCUT2D eigenvalue weighted by Gasteiger charge is 2.37. The molecule has 2 aliphatic rings. The minimum absolute atomic E-state index is 0.0519. The molecule has 7 rings (SSSR count). The number of esters is 1. The molecule has 2 N–H and O–H groups in total. The largest absolute Gasteiger partial charge is 0.460 e. The first-order valence-corrected chi connectivity index (χ1v) is 16.9. The fourth-order valence-corrected chi connectivity index (χ4v) is 7.03. The third-order valence-corrected chi connectivity index (χ3v) is 9.52. The summed E-state index contributed by atoms with van der Waals surface area (Å²) in [5.41, 5.74) is 0.891. The van der Waals surface area contributed by atoms with Gasteiger partial charge in [0.1, 0.15) is 16.9 Å². The summed E-state index contributed by atoms with van der Waals surface area (Å²) in [6.07, 6.45) is 9.16. The SMILES string of the molecule is CC(C)(C)OC(=O)CC1(O)CCN(c2ccc(-c3ccc4cn(C(C(=O)Nc5nccs5)c5ncn6c5CCC6)nc4c3F)cn2)CC1. The number of hydrogen-bond acceptors (Lipinski definition) is 10. The van der Waals surface area contributed by atoms with E-state index in [0.29, 0.717) is 59.1 Å². The summed E-state index contributed by atoms with van der Waals surface area (Å²) in [7, 11) is 0. The number of aliphatic hydroxyl groups is 1. The molecule has 250 valence electrons. The molecule has 0 bridgehead atoms. The standard InChI is InChI=1S/C34H37FN8O4S/c1-33(2,3)47-26(44)17-34(46)10-14-41(15-11-34)25-9-7-21(18-37-25)23-8-6-22-19-43(40-28(22)27(23)35)30(31(45)39-32-36-12-16-48-32)29-24-5-4-13-42(24)20-38-29/h6-9,12,16,18-20,30,46H,4-5,10-11,13-15,17H2,1-3H3,(H,36,39,45). The van der Waals surface area contributed by atoms with Gasteiger partial charge in [0.15, 0.2) is 17.0 Å². The van der Waals surface area contributed by atoms with E-state index < -0.39 is 29.0 Å². The highest BCUT2D eigenvalue weighted by Crippen LogP contribution is 2.34. The molecule has 1 unspecified atom stereocenters. The highest BCUT2D eigenvalue weighted by molar-refractivity contribution is 7.13. The van der Waals surface area contributed by atoms with Crippen molar-refractivity contribution >= 4 is 45.1 Å². The second-order valence-corrected chi connectivity index (χ2v) is 14.4. The summed E-state index contributed by atoms with van der Waals surface area (Å²) in [5.74, 6) is -0.581. The number of ether oxygens (including phenoxy) is 1. The van der Waals surface area contributed by atoms with Gasteiger partial charge >= 0.3 is 5.97 Å². The maximum Gasteiger partial charge on any atom is 0.309 e. The fourth-order valence-electron chi connectivity index (χ4n) is 6.50. The molecular weight excluding hydrogens is 635 g/mol. The van der Waals surface area contributed by atoms with Crippen molar-refractivity contribution in [3.63, 3.8) is 0 Å². The minimum Gasteiger partial charge on any atom is -0.460 e. The Kier molecular flexibility index (Phi) is 8.24. The van der Waals surface area contributed by atoms with E-state index in [1.54, 1.807) is 63.2 Å². The van der Waals surface area contributed by atoms with Crippen LogP contribution in [0.4, 0.5) is 15.3 Å². The van der Waals surface area contributed by atoms with Crippen LogP contribution >= 0.6 is 11.3 Å². The first-order valence-electron chi connectivity index (χ1n) is 16.0. The number of amides is 1. The lowest BCUT2D eigenvalue weighted by atomic mass is 9.88. The number of carbonyl (C=O) groups excluding carboxylic acids is 2. The number of benzene rings is 1. The number of carbonyl (C=O) groups is 2. The molecule has 14 heteroatoms. The predicted molar refractivity (Wildman–Crippen MR) is 179 cm³/mol. The minimum atomic E-state index is -1.13. The van der Waals surface area contributed by atoms with Crippen molar-refractivity contribution in [1.29, 1.82) is 0 Å². The number of nitrogens with one attached hydrogen (secondary N) is 1. The molecule has 1 saturated heterocycles. The van der Waals surface area contributed by atoms with Crippen LogP contribution in [0.15, 0.2) is 54.6 Å². The van der Waals surface area contributed by atoms with Crippen LogP contribution in [-0.2, 0) is 27.3 Å². The number of thiazole rings is 1. The van der Waals surface area contributed by atoms with Gasteiger partial charge in [0.25, 0.3) is 5.91 Å². The average molecular weight is 673 g/mol. The van der Waals surface area contributed by atoms with Crippen molar-refractivity contribution < 1.29 is 23.8 Å². The molecule has 0 spiro atoms. The van der Waals surface area contributed by atoms with Gasteiger partial charge in [-0.3, -0.25) is 19.6 Å². The quantitative estimate of drug-likeness (QED) is 0.215. The maximum absolute atomic E-state index is 16.1. The van der Waals surface area contributed by atoms with Gasteiger partial charge in [0, 0.05) is 65.8 Å². The number of hydrogen-bond donors (Lipinski definition) is 2. The Labute approximate surface area is 280 Å². The van der Waals surface area contributed by atoms with E-state index in [-0.39, 0.29) is 17.8 Å². The molecule has 48 heavy (non-hydrogen) atoms. The molecule has 6 heterocycles. The monoisotopic (exact) mass is 672 g/mol. The van der Waals surface area contributed by atoms with E-state index in [4.69, 9.17) is 4.74 Å². The molecule has 4 aromatic heterocycles. The summed E-state index contributed by atoms with van der Waals surface area (Å²) >= 11 is 1.31. The number of aromatic nitrogens is 6. The van der Waals surface area contributed by atoms with Gasteiger partial charge in [-0.1, -0.05) is 12.1 Å². The summed E-state index contributed by atoms with van der Waals surface area (Å²) in [5, 5.41) is 21.3. The Bertz CT molecular complexity index is 1960. The van der Waals surface area contributed by atoms with Gasteiger partial charge in [-0.2, -0.15) is 5.10 Å². The van der Waals surface area contributed by atoms with Crippen molar-refractivity contribution in [2.24, 2.45) is 0 Å². The van der Waals surface area contributed by atoms with Crippen LogP contribution in [0.25, 0.3) is 22.0 Å². The van der Waals surface area contributed by atoms with Crippen molar-refractivity contribution in [1.82, 2.24) is 29.3 Å². The normalized spacial score (nSPS) is 16.6. The second-order valence-electron chi connectivity index (χ2n) is 13.5. The van der Waals surface area contributed by atoms with Gasteiger partial charge in [-0.15, -0.1) is 11.3 Å². The van der Waals surface area contributed by atoms with Gasteiger partial charge < -0.3 is 19.3 Å². The second kappa shape index (κ2) is 12.4. The van der Waals surface area contributed by atoms with Crippen LogP contribution in [-0.4, -0.2) is 70.6 Å². The van der Waals surface area contributed by atoms with E-state index in [2.05, 4.69) is 25.4 Å². The highest BCUT2D eigenvalue weighted by atomic mass is 32.1. The van der Waals surface area contributed by atoms with Crippen LogP contribution < -0.4 is 10.2 Å². The lowest BCUT2D eigenvalue weighted by Crippen LogP contribution is -2.46. The lowest BCUT2D eigenvalue weighted by molar-refractivity contribution is -0.161. The van der Waals surface area contributed by atoms with Gasteiger partial charge in [-0.05, 0) is 58.6 Å². The zero-order valence-electron chi connectivity index (χ0n) is 27.0. The maximum atomic E-state index is 16.1. The molecule has 12 nitrogen and oxygen atoms in total. The number of pyridine rings is 1. The molecular formula is C34H37FN8O4S. The first-order chi connectivity index (χ1) is 23.0. The Morgan fingerprint density at radius 3 is 2.65 bits per heavy atom. The Morgan fingerprint density at radius 2 is 1.94 bits per heavy atom. The van der Waals surface area contributed by atoms with Crippen LogP contribution in [0.1, 0.15) is 63.9 Å². The summed E-state index contributed by atoms with van der Waals surface area (Å²) in [6.45, 7) is 7.28. The van der Waals surface area contributed by atoms with Crippen molar-refractivity contribution in [3.8, 4) is 11.1 Å².